The predicted molar refractivity (Wildman–Crippen MR) is 69.6 cm³/mol. The van der Waals surface area contributed by atoms with Crippen LogP contribution in [0.4, 0.5) is 5.69 Å². The monoisotopic (exact) mass is 246 g/mol. The zero-order chi connectivity index (χ0) is 12.7. The van der Waals surface area contributed by atoms with Crippen molar-refractivity contribution in [1.82, 2.24) is 4.90 Å². The molecule has 18 heavy (non-hydrogen) atoms. The van der Waals surface area contributed by atoms with E-state index in [9.17, 15) is 4.79 Å². The Labute approximate surface area is 107 Å². The molecule has 0 aromatic heterocycles. The molecular weight excluding hydrogens is 228 g/mol. The number of nitrogens with zero attached hydrogens (tertiary/aromatic N) is 1. The summed E-state index contributed by atoms with van der Waals surface area (Å²) in [5.41, 5.74) is 7.04. The number of hydrogen-bond acceptors (Lipinski definition) is 3. The molecule has 1 aliphatic carbocycles. The van der Waals surface area contributed by atoms with Crippen LogP contribution in [0.3, 0.4) is 0 Å². The molecule has 2 unspecified atom stereocenters. The van der Waals surface area contributed by atoms with E-state index >= 15 is 0 Å². The van der Waals surface area contributed by atoms with Crippen molar-refractivity contribution in [3.63, 3.8) is 0 Å². The van der Waals surface area contributed by atoms with Crippen molar-refractivity contribution in [2.45, 2.75) is 25.3 Å². The number of rotatable bonds is 2. The normalized spacial score (nSPS) is 25.5. The molecule has 3 rings (SSSR count). The fraction of sp³-hybridized carbons (Fsp3) is 0.500. The summed E-state index contributed by atoms with van der Waals surface area (Å²) in [6.45, 7) is 0.898. The van der Waals surface area contributed by atoms with Gasteiger partial charge in [0.1, 0.15) is 5.75 Å². The lowest BCUT2D eigenvalue weighted by molar-refractivity contribution is 0.0704. The molecule has 0 spiro atoms. The molecule has 1 aromatic carbocycles. The summed E-state index contributed by atoms with van der Waals surface area (Å²) in [6.07, 6.45) is 3.58. The average molecular weight is 246 g/mol. The number of amides is 1. The molecule has 1 aromatic rings. The number of carbonyl (C=O) groups is 1. The molecule has 2 N–H and O–H groups in total. The Hall–Kier alpha value is -1.71. The molecule has 1 saturated heterocycles. The van der Waals surface area contributed by atoms with Crippen molar-refractivity contribution in [3.8, 4) is 5.75 Å². The van der Waals surface area contributed by atoms with Crippen molar-refractivity contribution in [1.29, 1.82) is 0 Å². The Balaban J connectivity index is 1.84. The SMILES string of the molecule is COc1ccc(C(=O)N2CC3CCC2C3)c(N)c1. The van der Waals surface area contributed by atoms with E-state index in [4.69, 9.17) is 10.5 Å². The Bertz CT molecular complexity index is 487. The van der Waals surface area contributed by atoms with Crippen LogP contribution in [0.15, 0.2) is 18.2 Å². The molecule has 2 bridgehead atoms. The van der Waals surface area contributed by atoms with Crippen molar-refractivity contribution in [2.24, 2.45) is 5.92 Å². The lowest BCUT2D eigenvalue weighted by Crippen LogP contribution is -2.37. The van der Waals surface area contributed by atoms with Gasteiger partial charge in [-0.05, 0) is 37.3 Å². The standard InChI is InChI=1S/C14H18N2O2/c1-18-11-4-5-12(13(15)7-11)14(17)16-8-9-2-3-10(16)6-9/h4-5,7,9-10H,2-3,6,8,15H2,1H3. The van der Waals surface area contributed by atoms with Crippen molar-refractivity contribution < 1.29 is 9.53 Å². The number of piperidine rings is 1. The minimum Gasteiger partial charge on any atom is -0.497 e. The van der Waals surface area contributed by atoms with Crippen molar-refractivity contribution >= 4 is 11.6 Å². The Morgan fingerprint density at radius 2 is 2.28 bits per heavy atom. The number of methoxy groups -OCH3 is 1. The van der Waals surface area contributed by atoms with Crippen LogP contribution in [0.2, 0.25) is 0 Å². The van der Waals surface area contributed by atoms with Gasteiger partial charge in [-0.1, -0.05) is 0 Å². The first-order valence-corrected chi connectivity index (χ1v) is 6.43. The molecule has 0 radical (unpaired) electrons. The van der Waals surface area contributed by atoms with Crippen LogP contribution in [-0.4, -0.2) is 30.5 Å². The maximum absolute atomic E-state index is 12.5. The summed E-state index contributed by atoms with van der Waals surface area (Å²) >= 11 is 0. The third-order valence-electron chi connectivity index (χ3n) is 4.16. The molecule has 2 aliphatic rings. The van der Waals surface area contributed by atoms with Crippen LogP contribution in [0, 0.1) is 5.92 Å². The van der Waals surface area contributed by atoms with Gasteiger partial charge in [0.15, 0.2) is 0 Å². The highest BCUT2D eigenvalue weighted by molar-refractivity contribution is 5.99. The van der Waals surface area contributed by atoms with Crippen LogP contribution in [-0.2, 0) is 0 Å². The highest BCUT2D eigenvalue weighted by atomic mass is 16.5. The Kier molecular flexibility index (Phi) is 2.65. The highest BCUT2D eigenvalue weighted by Gasteiger charge is 2.40. The first-order chi connectivity index (χ1) is 8.69. The van der Waals surface area contributed by atoms with Crippen molar-refractivity contribution in [3.05, 3.63) is 23.8 Å². The summed E-state index contributed by atoms with van der Waals surface area (Å²) in [5, 5.41) is 0. The minimum absolute atomic E-state index is 0.0716. The van der Waals surface area contributed by atoms with E-state index in [1.165, 1.54) is 12.8 Å². The molecule has 2 atom stereocenters. The summed E-state index contributed by atoms with van der Waals surface area (Å²) in [7, 11) is 1.59. The molecule has 1 saturated carbocycles. The predicted octanol–water partition coefficient (Wildman–Crippen LogP) is 1.90. The molecule has 1 amide bonds. The second-order valence-electron chi connectivity index (χ2n) is 5.24. The summed E-state index contributed by atoms with van der Waals surface area (Å²) in [6, 6.07) is 5.70. The summed E-state index contributed by atoms with van der Waals surface area (Å²) < 4.78 is 5.10. The number of carbonyl (C=O) groups excluding carboxylic acids is 1. The highest BCUT2D eigenvalue weighted by Crippen LogP contribution is 2.38. The number of nitrogens with two attached hydrogens (primary N) is 1. The van der Waals surface area contributed by atoms with Gasteiger partial charge in [-0.25, -0.2) is 0 Å². The van der Waals surface area contributed by atoms with Crippen LogP contribution >= 0.6 is 0 Å². The zero-order valence-electron chi connectivity index (χ0n) is 10.6. The number of anilines is 1. The largest absolute Gasteiger partial charge is 0.497 e. The number of hydrogen-bond donors (Lipinski definition) is 1. The number of fused-ring (bicyclic) bond motifs is 2. The Morgan fingerprint density at radius 3 is 2.83 bits per heavy atom. The molecule has 96 valence electrons. The van der Waals surface area contributed by atoms with E-state index in [0.29, 0.717) is 29.0 Å². The molecule has 4 heteroatoms. The summed E-state index contributed by atoms with van der Waals surface area (Å²) in [5.74, 6) is 1.47. The van der Waals surface area contributed by atoms with Gasteiger partial charge in [0.25, 0.3) is 5.91 Å². The van der Waals surface area contributed by atoms with Gasteiger partial charge in [0, 0.05) is 24.3 Å². The number of ether oxygens (including phenoxy) is 1. The fourth-order valence-corrected chi connectivity index (χ4v) is 3.19. The maximum Gasteiger partial charge on any atom is 0.256 e. The number of benzene rings is 1. The third kappa shape index (κ3) is 1.72. The lowest BCUT2D eigenvalue weighted by Gasteiger charge is -2.27. The molecule has 2 fully saturated rings. The smallest absolute Gasteiger partial charge is 0.256 e. The average Bonchev–Trinajstić information content (AvgIpc) is 3.00. The van der Waals surface area contributed by atoms with Gasteiger partial charge in [0.05, 0.1) is 12.7 Å². The number of likely N-dealkylation sites (tertiary alicyclic amines) is 1. The van der Waals surface area contributed by atoms with Gasteiger partial charge < -0.3 is 15.4 Å². The number of nitrogen functional groups attached to an aromatic ring is 1. The van der Waals surface area contributed by atoms with E-state index in [0.717, 1.165) is 13.0 Å². The molecule has 1 heterocycles. The maximum atomic E-state index is 12.5. The minimum atomic E-state index is 0.0716. The van der Waals surface area contributed by atoms with E-state index < -0.39 is 0 Å². The van der Waals surface area contributed by atoms with E-state index in [1.54, 1.807) is 25.3 Å². The van der Waals surface area contributed by atoms with Crippen molar-refractivity contribution in [2.75, 3.05) is 19.4 Å². The third-order valence-corrected chi connectivity index (χ3v) is 4.16. The quantitative estimate of drug-likeness (QED) is 0.811. The van der Waals surface area contributed by atoms with Crippen LogP contribution in [0.5, 0.6) is 5.75 Å². The Morgan fingerprint density at radius 1 is 1.44 bits per heavy atom. The van der Waals surface area contributed by atoms with E-state index in [-0.39, 0.29) is 5.91 Å². The van der Waals surface area contributed by atoms with E-state index in [1.807, 2.05) is 4.90 Å². The molecule has 1 aliphatic heterocycles. The second kappa shape index (κ2) is 4.19. The van der Waals surface area contributed by atoms with Crippen LogP contribution in [0.25, 0.3) is 0 Å². The van der Waals surface area contributed by atoms with E-state index in [2.05, 4.69) is 0 Å². The van der Waals surface area contributed by atoms with Gasteiger partial charge in [0.2, 0.25) is 0 Å². The van der Waals surface area contributed by atoms with Crippen LogP contribution < -0.4 is 10.5 Å². The van der Waals surface area contributed by atoms with Gasteiger partial charge >= 0.3 is 0 Å². The first-order valence-electron chi connectivity index (χ1n) is 6.43. The fourth-order valence-electron chi connectivity index (χ4n) is 3.19. The summed E-state index contributed by atoms with van der Waals surface area (Å²) in [4.78, 5) is 14.5. The van der Waals surface area contributed by atoms with Gasteiger partial charge in [-0.3, -0.25) is 4.79 Å². The van der Waals surface area contributed by atoms with Crippen LogP contribution in [0.1, 0.15) is 29.6 Å². The zero-order valence-corrected chi connectivity index (χ0v) is 10.6. The topological polar surface area (TPSA) is 55.6 Å². The first kappa shape index (κ1) is 11.4. The lowest BCUT2D eigenvalue weighted by atomic mass is 10.1. The van der Waals surface area contributed by atoms with Gasteiger partial charge in [-0.2, -0.15) is 0 Å². The molecular formula is C14H18N2O2. The van der Waals surface area contributed by atoms with Gasteiger partial charge in [-0.15, -0.1) is 0 Å². The molecule has 4 nitrogen and oxygen atoms in total. The second-order valence-corrected chi connectivity index (χ2v) is 5.24.